The molecule has 2 amide bonds. The first kappa shape index (κ1) is 16.3. The van der Waals surface area contributed by atoms with Gasteiger partial charge in [0.05, 0.1) is 12.7 Å². The van der Waals surface area contributed by atoms with Crippen molar-refractivity contribution in [1.29, 1.82) is 0 Å². The Bertz CT molecular complexity index is 715. The maximum Gasteiger partial charge on any atom is 0.319 e. The van der Waals surface area contributed by atoms with Crippen LogP contribution in [0.1, 0.15) is 17.5 Å². The van der Waals surface area contributed by atoms with Crippen molar-refractivity contribution >= 4 is 11.7 Å². The molecule has 5 nitrogen and oxygen atoms in total. The molecule has 0 aliphatic heterocycles. The minimum Gasteiger partial charge on any atom is -0.497 e. The average molecular weight is 326 g/mol. The number of amides is 2. The standard InChI is InChI=1S/C19H22N2O3/c1-24-17-8-6-16(7-9-17)21-18(22)20-13-19(23)11-10-14-4-2-3-5-15(14)12-19/h2-9,23H,10-13H2,1H3,(H2,20,21,22). The highest BCUT2D eigenvalue weighted by Crippen LogP contribution is 2.28. The highest BCUT2D eigenvalue weighted by molar-refractivity contribution is 5.89. The lowest BCUT2D eigenvalue weighted by Crippen LogP contribution is -2.47. The van der Waals surface area contributed by atoms with Crippen LogP contribution in [0.5, 0.6) is 5.75 Å². The van der Waals surface area contributed by atoms with Crippen molar-refractivity contribution in [2.75, 3.05) is 19.0 Å². The molecule has 1 aliphatic carbocycles. The minimum atomic E-state index is -0.897. The van der Waals surface area contributed by atoms with Crippen LogP contribution in [-0.2, 0) is 12.8 Å². The molecule has 0 fully saturated rings. The SMILES string of the molecule is COc1ccc(NC(=O)NCC2(O)CCc3ccccc3C2)cc1. The van der Waals surface area contributed by atoms with Gasteiger partial charge in [0.2, 0.25) is 0 Å². The molecular formula is C19H22N2O3. The number of rotatable bonds is 4. The van der Waals surface area contributed by atoms with Crippen molar-refractivity contribution in [3.05, 3.63) is 59.7 Å². The van der Waals surface area contributed by atoms with E-state index in [0.717, 1.165) is 17.7 Å². The van der Waals surface area contributed by atoms with E-state index in [0.29, 0.717) is 18.5 Å². The summed E-state index contributed by atoms with van der Waals surface area (Å²) in [6.07, 6.45) is 2.03. The van der Waals surface area contributed by atoms with Gasteiger partial charge in [0.25, 0.3) is 0 Å². The number of carbonyl (C=O) groups is 1. The monoisotopic (exact) mass is 326 g/mol. The van der Waals surface area contributed by atoms with Gasteiger partial charge < -0.3 is 20.5 Å². The third-order valence-corrected chi connectivity index (χ3v) is 4.42. The summed E-state index contributed by atoms with van der Waals surface area (Å²) in [7, 11) is 1.60. The van der Waals surface area contributed by atoms with Crippen LogP contribution in [0.15, 0.2) is 48.5 Å². The molecule has 24 heavy (non-hydrogen) atoms. The number of benzene rings is 2. The van der Waals surface area contributed by atoms with Crippen LogP contribution >= 0.6 is 0 Å². The zero-order valence-electron chi connectivity index (χ0n) is 13.7. The van der Waals surface area contributed by atoms with Gasteiger partial charge in [0.1, 0.15) is 5.75 Å². The largest absolute Gasteiger partial charge is 0.497 e. The molecule has 0 aromatic heterocycles. The molecule has 0 bridgehead atoms. The maximum atomic E-state index is 12.0. The van der Waals surface area contributed by atoms with E-state index in [-0.39, 0.29) is 12.6 Å². The third-order valence-electron chi connectivity index (χ3n) is 4.42. The summed E-state index contributed by atoms with van der Waals surface area (Å²) >= 11 is 0. The Hall–Kier alpha value is -2.53. The predicted molar refractivity (Wildman–Crippen MR) is 93.4 cm³/mol. The Labute approximate surface area is 141 Å². The van der Waals surface area contributed by atoms with Crippen molar-refractivity contribution in [1.82, 2.24) is 5.32 Å². The molecule has 0 saturated heterocycles. The van der Waals surface area contributed by atoms with Gasteiger partial charge >= 0.3 is 6.03 Å². The van der Waals surface area contributed by atoms with Crippen LogP contribution in [0, 0.1) is 0 Å². The number of hydrogen-bond donors (Lipinski definition) is 3. The topological polar surface area (TPSA) is 70.6 Å². The van der Waals surface area contributed by atoms with E-state index < -0.39 is 5.60 Å². The zero-order chi connectivity index (χ0) is 17.0. The number of methoxy groups -OCH3 is 1. The first-order valence-corrected chi connectivity index (χ1v) is 8.06. The number of nitrogens with one attached hydrogen (secondary N) is 2. The minimum absolute atomic E-state index is 0.226. The highest BCUT2D eigenvalue weighted by Gasteiger charge is 2.32. The maximum absolute atomic E-state index is 12.0. The highest BCUT2D eigenvalue weighted by atomic mass is 16.5. The number of hydrogen-bond acceptors (Lipinski definition) is 3. The van der Waals surface area contributed by atoms with E-state index in [1.54, 1.807) is 31.4 Å². The summed E-state index contributed by atoms with van der Waals surface area (Å²) in [5.41, 5.74) is 2.22. The Balaban J connectivity index is 1.54. The van der Waals surface area contributed by atoms with Gasteiger partial charge in [-0.3, -0.25) is 0 Å². The first-order chi connectivity index (χ1) is 11.6. The van der Waals surface area contributed by atoms with E-state index in [4.69, 9.17) is 4.74 Å². The molecule has 3 rings (SSSR count). The van der Waals surface area contributed by atoms with Crippen LogP contribution in [0.3, 0.4) is 0 Å². The number of carbonyl (C=O) groups excluding carboxylic acids is 1. The molecular weight excluding hydrogens is 304 g/mol. The Morgan fingerprint density at radius 1 is 1.17 bits per heavy atom. The van der Waals surface area contributed by atoms with Gasteiger partial charge in [-0.2, -0.15) is 0 Å². The van der Waals surface area contributed by atoms with Gasteiger partial charge in [0, 0.05) is 18.7 Å². The molecule has 2 aromatic rings. The van der Waals surface area contributed by atoms with Gasteiger partial charge in [-0.15, -0.1) is 0 Å². The van der Waals surface area contributed by atoms with Crippen LogP contribution < -0.4 is 15.4 Å². The quantitative estimate of drug-likeness (QED) is 0.809. The van der Waals surface area contributed by atoms with Crippen LogP contribution in [0.2, 0.25) is 0 Å². The zero-order valence-corrected chi connectivity index (χ0v) is 13.7. The molecule has 1 unspecified atom stereocenters. The van der Waals surface area contributed by atoms with Gasteiger partial charge in [-0.25, -0.2) is 4.79 Å². The number of aliphatic hydroxyl groups is 1. The number of aryl methyl sites for hydroxylation is 1. The summed E-state index contributed by atoms with van der Waals surface area (Å²) in [5, 5.41) is 16.3. The summed E-state index contributed by atoms with van der Waals surface area (Å²) in [5.74, 6) is 0.733. The number of urea groups is 1. The number of anilines is 1. The average Bonchev–Trinajstić information content (AvgIpc) is 2.61. The van der Waals surface area contributed by atoms with Crippen molar-refractivity contribution in [2.24, 2.45) is 0 Å². The van der Waals surface area contributed by atoms with Crippen LogP contribution in [-0.4, -0.2) is 30.4 Å². The second-order valence-corrected chi connectivity index (χ2v) is 6.21. The van der Waals surface area contributed by atoms with Crippen molar-refractivity contribution in [2.45, 2.75) is 24.9 Å². The molecule has 5 heteroatoms. The van der Waals surface area contributed by atoms with Crippen molar-refractivity contribution < 1.29 is 14.6 Å². The Morgan fingerprint density at radius 2 is 1.88 bits per heavy atom. The van der Waals surface area contributed by atoms with E-state index in [1.807, 2.05) is 18.2 Å². The normalized spacial score (nSPS) is 19.2. The second-order valence-electron chi connectivity index (χ2n) is 6.21. The van der Waals surface area contributed by atoms with Crippen LogP contribution in [0.4, 0.5) is 10.5 Å². The fraction of sp³-hybridized carbons (Fsp3) is 0.316. The van der Waals surface area contributed by atoms with E-state index in [2.05, 4.69) is 16.7 Å². The van der Waals surface area contributed by atoms with Crippen molar-refractivity contribution in [3.8, 4) is 5.75 Å². The lowest BCUT2D eigenvalue weighted by Gasteiger charge is -2.33. The molecule has 0 saturated carbocycles. The lowest BCUT2D eigenvalue weighted by molar-refractivity contribution is 0.0295. The molecule has 1 atom stereocenters. The summed E-state index contributed by atoms with van der Waals surface area (Å²) in [6, 6.07) is 14.9. The van der Waals surface area contributed by atoms with Gasteiger partial charge in [0.15, 0.2) is 0 Å². The molecule has 0 radical (unpaired) electrons. The Morgan fingerprint density at radius 3 is 2.58 bits per heavy atom. The molecule has 126 valence electrons. The molecule has 0 spiro atoms. The third kappa shape index (κ3) is 3.86. The summed E-state index contributed by atoms with van der Waals surface area (Å²) in [4.78, 5) is 12.0. The molecule has 0 heterocycles. The molecule has 1 aliphatic rings. The number of ether oxygens (including phenoxy) is 1. The van der Waals surface area contributed by atoms with Crippen molar-refractivity contribution in [3.63, 3.8) is 0 Å². The van der Waals surface area contributed by atoms with E-state index >= 15 is 0 Å². The Kier molecular flexibility index (Phi) is 4.71. The summed E-state index contributed by atoms with van der Waals surface area (Å²) < 4.78 is 5.08. The van der Waals surface area contributed by atoms with E-state index in [9.17, 15) is 9.90 Å². The van der Waals surface area contributed by atoms with Gasteiger partial charge in [-0.1, -0.05) is 24.3 Å². The fourth-order valence-electron chi connectivity index (χ4n) is 3.03. The van der Waals surface area contributed by atoms with E-state index in [1.165, 1.54) is 5.56 Å². The first-order valence-electron chi connectivity index (χ1n) is 8.06. The smallest absolute Gasteiger partial charge is 0.319 e. The number of fused-ring (bicyclic) bond motifs is 1. The molecule has 2 aromatic carbocycles. The van der Waals surface area contributed by atoms with Crippen LogP contribution in [0.25, 0.3) is 0 Å². The second kappa shape index (κ2) is 6.93. The predicted octanol–water partition coefficient (Wildman–Crippen LogP) is 2.74. The molecule has 3 N–H and O–H groups in total. The van der Waals surface area contributed by atoms with Gasteiger partial charge in [-0.05, 0) is 48.2 Å². The lowest BCUT2D eigenvalue weighted by atomic mass is 9.80. The summed E-state index contributed by atoms with van der Waals surface area (Å²) in [6.45, 7) is 0.226. The fourth-order valence-corrected chi connectivity index (χ4v) is 3.03.